The number of anilines is 1. The Morgan fingerprint density at radius 3 is 2.32 bits per heavy atom. The van der Waals surface area contributed by atoms with Gasteiger partial charge in [-0.1, -0.05) is 11.3 Å². The molecule has 0 atom stereocenters. The summed E-state index contributed by atoms with van der Waals surface area (Å²) in [6.45, 7) is -0.141. The van der Waals surface area contributed by atoms with Gasteiger partial charge in [0.25, 0.3) is 5.91 Å². The third-order valence-corrected chi connectivity index (χ3v) is 4.62. The van der Waals surface area contributed by atoms with Crippen LogP contribution in [0.1, 0.15) is 0 Å². The average Bonchev–Trinajstić information content (AvgIpc) is 3.20. The van der Waals surface area contributed by atoms with E-state index in [-0.39, 0.29) is 12.5 Å². The minimum atomic E-state index is -0.328. The topological polar surface area (TPSA) is 91.8 Å². The predicted octanol–water partition coefficient (Wildman–Crippen LogP) is 3.25. The van der Waals surface area contributed by atoms with E-state index in [4.69, 9.17) is 18.9 Å². The summed E-state index contributed by atoms with van der Waals surface area (Å²) in [5.74, 6) is 2.17. The van der Waals surface area contributed by atoms with Crippen molar-refractivity contribution in [3.63, 3.8) is 0 Å². The maximum Gasteiger partial charge on any atom is 0.264 e. The van der Waals surface area contributed by atoms with E-state index in [0.29, 0.717) is 33.1 Å². The number of methoxy groups -OCH3 is 3. The van der Waals surface area contributed by atoms with Crippen molar-refractivity contribution in [3.05, 3.63) is 42.5 Å². The molecule has 9 heteroatoms. The molecule has 0 aliphatic rings. The second-order valence-corrected chi connectivity index (χ2v) is 6.47. The number of aromatic nitrogens is 2. The first-order valence-electron chi connectivity index (χ1n) is 8.25. The number of carbonyl (C=O) groups is 1. The van der Waals surface area contributed by atoms with E-state index in [0.717, 1.165) is 5.56 Å². The van der Waals surface area contributed by atoms with Gasteiger partial charge in [-0.05, 0) is 42.5 Å². The molecular formula is C19H19N3O5S. The lowest BCUT2D eigenvalue weighted by molar-refractivity contribution is -0.118. The highest BCUT2D eigenvalue weighted by Gasteiger charge is 2.13. The number of nitrogens with one attached hydrogen (secondary N) is 1. The molecule has 0 radical (unpaired) electrons. The van der Waals surface area contributed by atoms with Gasteiger partial charge in [-0.2, -0.15) is 0 Å². The smallest absolute Gasteiger partial charge is 0.264 e. The normalized spacial score (nSPS) is 10.2. The minimum absolute atomic E-state index is 0.141. The Hall–Kier alpha value is -3.33. The number of nitrogens with zero attached hydrogens (tertiary/aromatic N) is 2. The number of ether oxygens (including phenoxy) is 4. The molecule has 0 bridgehead atoms. The van der Waals surface area contributed by atoms with Crippen molar-refractivity contribution in [3.8, 4) is 33.6 Å². The van der Waals surface area contributed by atoms with E-state index < -0.39 is 0 Å². The zero-order chi connectivity index (χ0) is 19.9. The molecule has 1 heterocycles. The number of benzene rings is 2. The van der Waals surface area contributed by atoms with Crippen LogP contribution in [-0.2, 0) is 4.79 Å². The zero-order valence-corrected chi connectivity index (χ0v) is 16.4. The van der Waals surface area contributed by atoms with Gasteiger partial charge < -0.3 is 18.9 Å². The maximum atomic E-state index is 12.1. The van der Waals surface area contributed by atoms with Crippen molar-refractivity contribution in [2.24, 2.45) is 0 Å². The van der Waals surface area contributed by atoms with Crippen molar-refractivity contribution in [1.29, 1.82) is 0 Å². The lowest BCUT2D eigenvalue weighted by Gasteiger charge is -2.07. The SMILES string of the molecule is COc1ccc(OCC(=O)Nc2nnc(-c3ccc(OC)c(OC)c3)s2)cc1. The molecule has 2 aromatic carbocycles. The summed E-state index contributed by atoms with van der Waals surface area (Å²) in [6, 6.07) is 12.4. The fourth-order valence-corrected chi connectivity index (χ4v) is 3.09. The highest BCUT2D eigenvalue weighted by atomic mass is 32.1. The summed E-state index contributed by atoms with van der Waals surface area (Å²) >= 11 is 1.25. The van der Waals surface area contributed by atoms with Crippen LogP contribution in [0.2, 0.25) is 0 Å². The first-order valence-corrected chi connectivity index (χ1v) is 9.07. The second kappa shape index (κ2) is 9.05. The van der Waals surface area contributed by atoms with Gasteiger partial charge in [0, 0.05) is 5.56 Å². The Morgan fingerprint density at radius 1 is 0.929 bits per heavy atom. The van der Waals surface area contributed by atoms with Crippen LogP contribution in [0.25, 0.3) is 10.6 Å². The second-order valence-electron chi connectivity index (χ2n) is 5.49. The number of hydrogen-bond donors (Lipinski definition) is 1. The Morgan fingerprint density at radius 2 is 1.64 bits per heavy atom. The van der Waals surface area contributed by atoms with Crippen molar-refractivity contribution < 1.29 is 23.7 Å². The minimum Gasteiger partial charge on any atom is -0.497 e. The number of amides is 1. The number of rotatable bonds is 8. The third kappa shape index (κ3) is 4.68. The van der Waals surface area contributed by atoms with Crippen LogP contribution in [0.5, 0.6) is 23.0 Å². The highest BCUT2D eigenvalue weighted by molar-refractivity contribution is 7.18. The summed E-state index contributed by atoms with van der Waals surface area (Å²) in [7, 11) is 4.72. The van der Waals surface area contributed by atoms with E-state index in [2.05, 4.69) is 15.5 Å². The van der Waals surface area contributed by atoms with Gasteiger partial charge in [0.05, 0.1) is 21.3 Å². The zero-order valence-electron chi connectivity index (χ0n) is 15.6. The molecule has 3 aromatic rings. The molecule has 0 saturated carbocycles. The molecule has 3 rings (SSSR count). The van der Waals surface area contributed by atoms with Gasteiger partial charge in [-0.3, -0.25) is 10.1 Å². The van der Waals surface area contributed by atoms with E-state index in [1.807, 2.05) is 6.07 Å². The number of hydrogen-bond acceptors (Lipinski definition) is 8. The van der Waals surface area contributed by atoms with Crippen LogP contribution in [0.3, 0.4) is 0 Å². The van der Waals surface area contributed by atoms with Gasteiger partial charge in [0.15, 0.2) is 18.1 Å². The monoisotopic (exact) mass is 401 g/mol. The van der Waals surface area contributed by atoms with Crippen molar-refractivity contribution in [2.45, 2.75) is 0 Å². The molecule has 146 valence electrons. The van der Waals surface area contributed by atoms with Crippen LogP contribution in [-0.4, -0.2) is 44.0 Å². The van der Waals surface area contributed by atoms with Crippen molar-refractivity contribution >= 4 is 22.4 Å². The first-order chi connectivity index (χ1) is 13.6. The summed E-state index contributed by atoms with van der Waals surface area (Å²) in [6.07, 6.45) is 0. The van der Waals surface area contributed by atoms with E-state index in [9.17, 15) is 4.79 Å². The van der Waals surface area contributed by atoms with Gasteiger partial charge >= 0.3 is 0 Å². The molecule has 0 aliphatic carbocycles. The van der Waals surface area contributed by atoms with E-state index in [1.165, 1.54) is 11.3 Å². The van der Waals surface area contributed by atoms with Crippen LogP contribution in [0.15, 0.2) is 42.5 Å². The Kier molecular flexibility index (Phi) is 6.28. The molecule has 0 spiro atoms. The van der Waals surface area contributed by atoms with Gasteiger partial charge in [-0.15, -0.1) is 10.2 Å². The summed E-state index contributed by atoms with van der Waals surface area (Å²) in [5.41, 5.74) is 0.810. The molecule has 1 aromatic heterocycles. The molecule has 1 N–H and O–H groups in total. The largest absolute Gasteiger partial charge is 0.497 e. The first kappa shape index (κ1) is 19.4. The summed E-state index contributed by atoms with van der Waals surface area (Å²) in [5, 5.41) is 11.8. The van der Waals surface area contributed by atoms with E-state index >= 15 is 0 Å². The molecule has 0 fully saturated rings. The fourth-order valence-electron chi connectivity index (χ4n) is 2.34. The van der Waals surface area contributed by atoms with Crippen LogP contribution in [0.4, 0.5) is 5.13 Å². The van der Waals surface area contributed by atoms with Gasteiger partial charge in [-0.25, -0.2) is 0 Å². The Labute approximate surface area is 166 Å². The summed E-state index contributed by atoms with van der Waals surface area (Å²) < 4.78 is 21.0. The molecule has 0 unspecified atom stereocenters. The average molecular weight is 401 g/mol. The third-order valence-electron chi connectivity index (χ3n) is 3.73. The fraction of sp³-hybridized carbons (Fsp3) is 0.211. The van der Waals surface area contributed by atoms with Crippen molar-refractivity contribution in [1.82, 2.24) is 10.2 Å². The number of carbonyl (C=O) groups excluding carboxylic acids is 1. The highest BCUT2D eigenvalue weighted by Crippen LogP contribution is 2.34. The van der Waals surface area contributed by atoms with Gasteiger partial charge in [0.1, 0.15) is 16.5 Å². The Bertz CT molecular complexity index is 943. The lowest BCUT2D eigenvalue weighted by Crippen LogP contribution is -2.20. The Balaban J connectivity index is 1.60. The molecule has 0 saturated heterocycles. The molecule has 1 amide bonds. The maximum absolute atomic E-state index is 12.1. The molecular weight excluding hydrogens is 382 g/mol. The summed E-state index contributed by atoms with van der Waals surface area (Å²) in [4.78, 5) is 12.1. The lowest BCUT2D eigenvalue weighted by atomic mass is 10.2. The van der Waals surface area contributed by atoms with Crippen molar-refractivity contribution in [2.75, 3.05) is 33.3 Å². The van der Waals surface area contributed by atoms with Crippen LogP contribution in [0, 0.1) is 0 Å². The molecule has 28 heavy (non-hydrogen) atoms. The standard InChI is InChI=1S/C19H19N3O5S/c1-24-13-5-7-14(8-6-13)27-11-17(23)20-19-22-21-18(28-19)12-4-9-15(25-2)16(10-12)26-3/h4-10H,11H2,1-3H3,(H,20,22,23). The quantitative estimate of drug-likeness (QED) is 0.619. The van der Waals surface area contributed by atoms with Gasteiger partial charge in [0.2, 0.25) is 5.13 Å². The van der Waals surface area contributed by atoms with Crippen LogP contribution >= 0.6 is 11.3 Å². The van der Waals surface area contributed by atoms with Crippen LogP contribution < -0.4 is 24.3 Å². The molecule has 8 nitrogen and oxygen atoms in total. The van der Waals surface area contributed by atoms with E-state index in [1.54, 1.807) is 57.7 Å². The molecule has 0 aliphatic heterocycles. The predicted molar refractivity (Wildman–Crippen MR) is 106 cm³/mol.